The number of rotatable bonds is 6. The highest BCUT2D eigenvalue weighted by atomic mass is 16.5. The second-order valence-corrected chi connectivity index (χ2v) is 5.84. The molecule has 0 aliphatic carbocycles. The van der Waals surface area contributed by atoms with Gasteiger partial charge in [-0.05, 0) is 32.3 Å². The number of ether oxygens (including phenoxy) is 1. The molecule has 0 saturated heterocycles. The maximum Gasteiger partial charge on any atom is 0.308 e. The van der Waals surface area contributed by atoms with Gasteiger partial charge in [-0.15, -0.1) is 0 Å². The van der Waals surface area contributed by atoms with Gasteiger partial charge in [-0.3, -0.25) is 9.36 Å². The van der Waals surface area contributed by atoms with E-state index in [0.29, 0.717) is 17.5 Å². The molecule has 3 rings (SSSR count). The van der Waals surface area contributed by atoms with Crippen molar-refractivity contribution in [2.24, 2.45) is 0 Å². The van der Waals surface area contributed by atoms with Crippen molar-refractivity contribution in [2.45, 2.75) is 6.92 Å². The predicted octanol–water partition coefficient (Wildman–Crippen LogP) is 1.71. The Morgan fingerprint density at radius 3 is 2.84 bits per heavy atom. The number of aromatic nitrogens is 4. The average molecular weight is 340 g/mol. The van der Waals surface area contributed by atoms with Crippen LogP contribution in [-0.2, 0) is 4.79 Å². The molecule has 2 aromatic heterocycles. The predicted molar refractivity (Wildman–Crippen MR) is 95.0 cm³/mol. The summed E-state index contributed by atoms with van der Waals surface area (Å²) in [6.07, 6.45) is 5.12. The van der Waals surface area contributed by atoms with Gasteiger partial charge >= 0.3 is 5.97 Å². The van der Waals surface area contributed by atoms with Crippen molar-refractivity contribution in [1.82, 2.24) is 24.4 Å². The Hall–Kier alpha value is -3.00. The fourth-order valence-corrected chi connectivity index (χ4v) is 2.35. The smallest absolute Gasteiger partial charge is 0.308 e. The second kappa shape index (κ2) is 7.27. The van der Waals surface area contributed by atoms with E-state index >= 15 is 0 Å². The quantitative estimate of drug-likeness (QED) is 0.540. The van der Waals surface area contributed by atoms with Crippen LogP contribution in [-0.4, -0.2) is 57.6 Å². The minimum atomic E-state index is -0.363. The number of benzene rings is 1. The Morgan fingerprint density at radius 2 is 2.16 bits per heavy atom. The van der Waals surface area contributed by atoms with Crippen LogP contribution in [0.15, 0.2) is 36.9 Å². The van der Waals surface area contributed by atoms with Crippen molar-refractivity contribution < 1.29 is 9.53 Å². The van der Waals surface area contributed by atoms with Crippen LogP contribution in [0.5, 0.6) is 5.75 Å². The van der Waals surface area contributed by atoms with Crippen LogP contribution in [0, 0.1) is 0 Å². The highest BCUT2D eigenvalue weighted by Gasteiger charge is 2.11. The molecular weight excluding hydrogens is 320 g/mol. The minimum Gasteiger partial charge on any atom is -0.427 e. The molecule has 0 aliphatic rings. The van der Waals surface area contributed by atoms with Gasteiger partial charge in [0.25, 0.3) is 0 Å². The van der Waals surface area contributed by atoms with Gasteiger partial charge in [0.1, 0.15) is 17.9 Å². The van der Waals surface area contributed by atoms with Gasteiger partial charge in [-0.2, -0.15) is 4.98 Å². The molecule has 0 atom stereocenters. The first-order valence-corrected chi connectivity index (χ1v) is 7.90. The largest absolute Gasteiger partial charge is 0.427 e. The zero-order valence-corrected chi connectivity index (χ0v) is 14.4. The molecule has 0 aliphatic heterocycles. The summed E-state index contributed by atoms with van der Waals surface area (Å²) in [6.45, 7) is 2.95. The number of likely N-dealkylation sites (N-methyl/N-ethyl adjacent to an activating group) is 1. The number of hydrogen-bond acceptors (Lipinski definition) is 7. The van der Waals surface area contributed by atoms with E-state index in [0.717, 1.165) is 24.0 Å². The highest BCUT2D eigenvalue weighted by Crippen LogP contribution is 2.26. The van der Waals surface area contributed by atoms with E-state index in [1.54, 1.807) is 35.4 Å². The molecule has 0 radical (unpaired) electrons. The Bertz CT molecular complexity index is 876. The Balaban J connectivity index is 2.03. The van der Waals surface area contributed by atoms with E-state index < -0.39 is 0 Å². The fraction of sp³-hybridized carbons (Fsp3) is 0.294. The molecule has 0 unspecified atom stereocenters. The number of carbonyl (C=O) groups is 1. The summed E-state index contributed by atoms with van der Waals surface area (Å²) in [7, 11) is 4.02. The van der Waals surface area contributed by atoms with Gasteiger partial charge in [0, 0.05) is 37.8 Å². The highest BCUT2D eigenvalue weighted by molar-refractivity contribution is 5.91. The molecule has 25 heavy (non-hydrogen) atoms. The summed E-state index contributed by atoms with van der Waals surface area (Å²) in [5.74, 6) is 1.31. The number of anilines is 1. The normalized spacial score (nSPS) is 11.0. The zero-order valence-electron chi connectivity index (χ0n) is 14.4. The molecule has 3 aromatic rings. The van der Waals surface area contributed by atoms with Crippen LogP contribution in [0.3, 0.4) is 0 Å². The van der Waals surface area contributed by atoms with E-state index in [4.69, 9.17) is 4.74 Å². The lowest BCUT2D eigenvalue weighted by Gasteiger charge is -2.14. The third-order valence-electron chi connectivity index (χ3n) is 3.50. The molecule has 2 heterocycles. The van der Waals surface area contributed by atoms with E-state index in [1.807, 2.05) is 20.2 Å². The monoisotopic (exact) mass is 340 g/mol. The van der Waals surface area contributed by atoms with Gasteiger partial charge in [0.2, 0.25) is 5.95 Å². The summed E-state index contributed by atoms with van der Waals surface area (Å²) >= 11 is 0. The SMILES string of the molecule is CC(=O)Oc1ccc2nc(-n3ccnc3)nc(NCCN(C)C)c2c1. The van der Waals surface area contributed by atoms with Crippen molar-refractivity contribution in [2.75, 3.05) is 32.5 Å². The standard InChI is InChI=1S/C17H20N6O2/c1-12(24)25-13-4-5-15-14(10-13)16(19-7-8-22(2)3)21-17(20-15)23-9-6-18-11-23/h4-6,9-11H,7-8H2,1-3H3,(H,19,20,21). The van der Waals surface area contributed by atoms with Crippen molar-refractivity contribution in [3.63, 3.8) is 0 Å². The molecule has 0 bridgehead atoms. The summed E-state index contributed by atoms with van der Waals surface area (Å²) in [5.41, 5.74) is 0.752. The molecule has 0 fully saturated rings. The Morgan fingerprint density at radius 1 is 1.32 bits per heavy atom. The van der Waals surface area contributed by atoms with Crippen LogP contribution in [0.4, 0.5) is 5.82 Å². The van der Waals surface area contributed by atoms with Gasteiger partial charge < -0.3 is 15.0 Å². The first-order chi connectivity index (χ1) is 12.0. The summed E-state index contributed by atoms with van der Waals surface area (Å²) < 4.78 is 6.92. The lowest BCUT2D eigenvalue weighted by Crippen LogP contribution is -2.21. The summed E-state index contributed by atoms with van der Waals surface area (Å²) in [5, 5.41) is 4.13. The number of nitrogens with one attached hydrogen (secondary N) is 1. The fourth-order valence-electron chi connectivity index (χ4n) is 2.35. The molecule has 0 spiro atoms. The molecular formula is C17H20N6O2. The molecule has 130 valence electrons. The molecule has 0 amide bonds. The topological polar surface area (TPSA) is 85.2 Å². The Kier molecular flexibility index (Phi) is 4.90. The lowest BCUT2D eigenvalue weighted by molar-refractivity contribution is -0.131. The maximum atomic E-state index is 11.2. The van der Waals surface area contributed by atoms with Gasteiger partial charge in [0.15, 0.2) is 0 Å². The molecule has 1 N–H and O–H groups in total. The van der Waals surface area contributed by atoms with Crippen LogP contribution in [0.1, 0.15) is 6.92 Å². The first-order valence-electron chi connectivity index (χ1n) is 7.90. The third kappa shape index (κ3) is 4.10. The number of hydrogen-bond donors (Lipinski definition) is 1. The number of esters is 1. The zero-order chi connectivity index (χ0) is 17.8. The van der Waals surface area contributed by atoms with E-state index in [9.17, 15) is 4.79 Å². The van der Waals surface area contributed by atoms with E-state index in [-0.39, 0.29) is 5.97 Å². The maximum absolute atomic E-state index is 11.2. The van der Waals surface area contributed by atoms with Gasteiger partial charge in [0.05, 0.1) is 5.52 Å². The minimum absolute atomic E-state index is 0.363. The molecule has 8 nitrogen and oxygen atoms in total. The Labute approximate surface area is 145 Å². The number of nitrogens with zero attached hydrogens (tertiary/aromatic N) is 5. The first kappa shape index (κ1) is 16.8. The van der Waals surface area contributed by atoms with Crippen molar-refractivity contribution in [3.8, 4) is 11.7 Å². The van der Waals surface area contributed by atoms with Crippen LogP contribution < -0.4 is 10.1 Å². The van der Waals surface area contributed by atoms with E-state index in [1.165, 1.54) is 6.92 Å². The third-order valence-corrected chi connectivity index (χ3v) is 3.50. The molecule has 1 aromatic carbocycles. The van der Waals surface area contributed by atoms with Crippen molar-refractivity contribution in [3.05, 3.63) is 36.9 Å². The second-order valence-electron chi connectivity index (χ2n) is 5.84. The van der Waals surface area contributed by atoms with Gasteiger partial charge in [-0.1, -0.05) is 0 Å². The molecule has 0 saturated carbocycles. The number of imidazole rings is 1. The average Bonchev–Trinajstić information content (AvgIpc) is 3.08. The molecule has 8 heteroatoms. The van der Waals surface area contributed by atoms with E-state index in [2.05, 4.69) is 25.2 Å². The van der Waals surface area contributed by atoms with Crippen LogP contribution >= 0.6 is 0 Å². The summed E-state index contributed by atoms with van der Waals surface area (Å²) in [6, 6.07) is 5.30. The van der Waals surface area contributed by atoms with Crippen molar-refractivity contribution in [1.29, 1.82) is 0 Å². The number of carbonyl (C=O) groups excluding carboxylic acids is 1. The number of fused-ring (bicyclic) bond motifs is 1. The summed E-state index contributed by atoms with van der Waals surface area (Å²) in [4.78, 5) is 26.5. The lowest BCUT2D eigenvalue weighted by atomic mass is 10.2. The van der Waals surface area contributed by atoms with Gasteiger partial charge in [-0.25, -0.2) is 9.97 Å². The van der Waals surface area contributed by atoms with Crippen LogP contribution in [0.25, 0.3) is 16.9 Å². The van der Waals surface area contributed by atoms with Crippen molar-refractivity contribution >= 4 is 22.7 Å². The van der Waals surface area contributed by atoms with Crippen LogP contribution in [0.2, 0.25) is 0 Å².